The summed E-state index contributed by atoms with van der Waals surface area (Å²) in [4.78, 5) is 20.3. The summed E-state index contributed by atoms with van der Waals surface area (Å²) in [6, 6.07) is 6.48. The number of nitrogens with zero attached hydrogens (tertiary/aromatic N) is 4. The maximum Gasteiger partial charge on any atom is 0.405 e. The quantitative estimate of drug-likeness (QED) is 0.589. The largest absolute Gasteiger partial charge is 0.465 e. The van der Waals surface area contributed by atoms with Gasteiger partial charge in [0.25, 0.3) is 0 Å². The van der Waals surface area contributed by atoms with Crippen molar-refractivity contribution in [3.63, 3.8) is 0 Å². The molecule has 3 rings (SSSR count). The van der Waals surface area contributed by atoms with Gasteiger partial charge in [0.05, 0.1) is 16.8 Å². The zero-order valence-electron chi connectivity index (χ0n) is 16.3. The van der Waals surface area contributed by atoms with Gasteiger partial charge >= 0.3 is 6.09 Å². The molecule has 2 heterocycles. The first-order chi connectivity index (χ1) is 13.5. The van der Waals surface area contributed by atoms with Crippen molar-refractivity contribution in [2.75, 3.05) is 0 Å². The highest BCUT2D eigenvalue weighted by atomic mass is 35.5. The number of nitrogens with one attached hydrogen (secondary N) is 1. The van der Waals surface area contributed by atoms with Crippen molar-refractivity contribution >= 4 is 35.1 Å². The third kappa shape index (κ3) is 4.00. The maximum atomic E-state index is 11.6. The van der Waals surface area contributed by atoms with Gasteiger partial charge in [0.2, 0.25) is 5.78 Å². The first-order valence-corrected chi connectivity index (χ1v) is 9.53. The molecule has 29 heavy (non-hydrogen) atoms. The minimum absolute atomic E-state index is 0.193. The minimum atomic E-state index is -1.15. The van der Waals surface area contributed by atoms with Gasteiger partial charge in [-0.25, -0.2) is 9.78 Å². The molecule has 1 amide bonds. The molecular weight excluding hydrogens is 413 g/mol. The monoisotopic (exact) mass is 431 g/mol. The second kappa shape index (κ2) is 7.54. The Labute approximate surface area is 177 Å². The Morgan fingerprint density at radius 2 is 2.00 bits per heavy atom. The van der Waals surface area contributed by atoms with Crippen molar-refractivity contribution in [2.24, 2.45) is 5.41 Å². The van der Waals surface area contributed by atoms with Gasteiger partial charge in [-0.1, -0.05) is 44.0 Å². The molecular formula is C20H19Cl2N5O2. The number of rotatable bonds is 3. The number of hydrogen-bond donors (Lipinski definition) is 2. The molecule has 2 aromatic heterocycles. The first kappa shape index (κ1) is 20.9. The molecule has 0 fully saturated rings. The Kier molecular flexibility index (Phi) is 5.44. The van der Waals surface area contributed by atoms with Crippen molar-refractivity contribution in [1.82, 2.24) is 19.7 Å². The van der Waals surface area contributed by atoms with Crippen molar-refractivity contribution in [3.8, 4) is 17.3 Å². The maximum absolute atomic E-state index is 11.6. The normalized spacial score (nSPS) is 12.6. The molecule has 7 nitrogen and oxygen atoms in total. The van der Waals surface area contributed by atoms with E-state index in [0.717, 1.165) is 0 Å². The van der Waals surface area contributed by atoms with E-state index in [9.17, 15) is 15.2 Å². The smallest absolute Gasteiger partial charge is 0.405 e. The van der Waals surface area contributed by atoms with Crippen LogP contribution in [0, 0.1) is 23.7 Å². The molecule has 1 aromatic carbocycles. The van der Waals surface area contributed by atoms with E-state index in [0.29, 0.717) is 38.3 Å². The molecule has 1 atom stereocenters. The van der Waals surface area contributed by atoms with Crippen LogP contribution in [0.15, 0.2) is 24.4 Å². The predicted octanol–water partition coefficient (Wildman–Crippen LogP) is 5.24. The van der Waals surface area contributed by atoms with Crippen molar-refractivity contribution in [1.29, 1.82) is 5.26 Å². The van der Waals surface area contributed by atoms with Crippen LogP contribution in [-0.2, 0) is 0 Å². The number of nitriles is 1. The van der Waals surface area contributed by atoms with Crippen molar-refractivity contribution in [2.45, 2.75) is 33.7 Å². The lowest BCUT2D eigenvalue weighted by molar-refractivity contribution is 0.174. The summed E-state index contributed by atoms with van der Waals surface area (Å²) in [5.74, 6) is 0.326. The van der Waals surface area contributed by atoms with Gasteiger partial charge in [0.1, 0.15) is 6.07 Å². The van der Waals surface area contributed by atoms with Crippen LogP contribution >= 0.6 is 23.2 Å². The predicted molar refractivity (Wildman–Crippen MR) is 111 cm³/mol. The lowest BCUT2D eigenvalue weighted by Gasteiger charge is -2.33. The molecule has 3 aromatic rings. The van der Waals surface area contributed by atoms with Crippen LogP contribution in [0.25, 0.3) is 17.0 Å². The number of aryl methyl sites for hydroxylation is 1. The zero-order valence-corrected chi connectivity index (χ0v) is 17.8. The van der Waals surface area contributed by atoms with Crippen LogP contribution in [0.5, 0.6) is 0 Å². The van der Waals surface area contributed by atoms with Crippen LogP contribution in [0.2, 0.25) is 10.0 Å². The van der Waals surface area contributed by atoms with Gasteiger partial charge in [-0.05, 0) is 30.5 Å². The molecule has 2 N–H and O–H groups in total. The molecule has 1 unspecified atom stereocenters. The summed E-state index contributed by atoms with van der Waals surface area (Å²) in [7, 11) is 0. The van der Waals surface area contributed by atoms with E-state index in [1.54, 1.807) is 35.7 Å². The number of benzene rings is 1. The highest BCUT2D eigenvalue weighted by Crippen LogP contribution is 2.42. The van der Waals surface area contributed by atoms with Crippen LogP contribution in [0.3, 0.4) is 0 Å². The summed E-state index contributed by atoms with van der Waals surface area (Å²) >= 11 is 12.6. The SMILES string of the molecule is Cc1nc2nc(C#N)cn2c(-c2ccc(Cl)cc2Cl)c1C(NC(=O)O)C(C)(C)C. The highest BCUT2D eigenvalue weighted by molar-refractivity contribution is 6.36. The first-order valence-electron chi connectivity index (χ1n) is 8.77. The van der Waals surface area contributed by atoms with E-state index in [1.807, 2.05) is 26.8 Å². The average molecular weight is 432 g/mol. The standard InChI is InChI=1S/C20H19Cl2N5O2/c1-10-15(17(20(2,3)4)26-19(28)29)16(13-6-5-11(21)7-14(13)22)27-9-12(8-23)25-18(27)24-10/h5-7,9,17,26H,1-4H3,(H,28,29). The Morgan fingerprint density at radius 1 is 1.31 bits per heavy atom. The van der Waals surface area contributed by atoms with Crippen molar-refractivity contribution < 1.29 is 9.90 Å². The highest BCUT2D eigenvalue weighted by Gasteiger charge is 2.34. The van der Waals surface area contributed by atoms with E-state index in [4.69, 9.17) is 23.2 Å². The number of carbonyl (C=O) groups is 1. The molecule has 0 aliphatic heterocycles. The molecule has 150 valence electrons. The minimum Gasteiger partial charge on any atom is -0.465 e. The third-order valence-electron chi connectivity index (χ3n) is 4.56. The van der Waals surface area contributed by atoms with Gasteiger partial charge in [-0.2, -0.15) is 10.2 Å². The molecule has 0 saturated heterocycles. The number of aromatic nitrogens is 3. The Balaban J connectivity index is 2.47. The molecule has 0 saturated carbocycles. The van der Waals surface area contributed by atoms with E-state index < -0.39 is 17.6 Å². The summed E-state index contributed by atoms with van der Waals surface area (Å²) in [6.07, 6.45) is 0.410. The third-order valence-corrected chi connectivity index (χ3v) is 5.11. The van der Waals surface area contributed by atoms with Gasteiger partial charge in [0.15, 0.2) is 5.69 Å². The van der Waals surface area contributed by atoms with Gasteiger partial charge in [-0.3, -0.25) is 4.40 Å². The fraction of sp³-hybridized carbons (Fsp3) is 0.300. The van der Waals surface area contributed by atoms with E-state index >= 15 is 0 Å². The summed E-state index contributed by atoms with van der Waals surface area (Å²) in [6.45, 7) is 7.57. The van der Waals surface area contributed by atoms with E-state index in [2.05, 4.69) is 15.3 Å². The number of amides is 1. The average Bonchev–Trinajstić information content (AvgIpc) is 3.01. The van der Waals surface area contributed by atoms with Gasteiger partial charge < -0.3 is 10.4 Å². The second-order valence-corrected chi connectivity index (χ2v) is 8.58. The molecule has 0 bridgehead atoms. The zero-order chi connectivity index (χ0) is 21.5. The Hall–Kier alpha value is -2.82. The lowest BCUT2D eigenvalue weighted by Crippen LogP contribution is -2.37. The summed E-state index contributed by atoms with van der Waals surface area (Å²) in [5, 5.41) is 22.2. The molecule has 0 aliphatic rings. The van der Waals surface area contributed by atoms with Gasteiger partial charge in [0, 0.05) is 28.0 Å². The number of imidazole rings is 1. The van der Waals surface area contributed by atoms with Crippen LogP contribution < -0.4 is 5.32 Å². The van der Waals surface area contributed by atoms with Crippen LogP contribution in [0.1, 0.15) is 43.8 Å². The molecule has 0 aliphatic carbocycles. The number of halogens is 2. The van der Waals surface area contributed by atoms with E-state index in [1.165, 1.54) is 0 Å². The topological polar surface area (TPSA) is 103 Å². The Morgan fingerprint density at radius 3 is 2.55 bits per heavy atom. The lowest BCUT2D eigenvalue weighted by atomic mass is 9.80. The summed E-state index contributed by atoms with van der Waals surface area (Å²) in [5.41, 5.74) is 2.19. The Bertz CT molecular complexity index is 1160. The van der Waals surface area contributed by atoms with E-state index in [-0.39, 0.29) is 5.69 Å². The van der Waals surface area contributed by atoms with Crippen LogP contribution in [0.4, 0.5) is 4.79 Å². The number of fused-ring (bicyclic) bond motifs is 1. The van der Waals surface area contributed by atoms with Crippen LogP contribution in [-0.4, -0.2) is 25.6 Å². The number of carboxylic acid groups (broad SMARTS) is 1. The second-order valence-electron chi connectivity index (χ2n) is 7.74. The number of hydrogen-bond acceptors (Lipinski definition) is 4. The molecule has 0 radical (unpaired) electrons. The summed E-state index contributed by atoms with van der Waals surface area (Å²) < 4.78 is 1.66. The fourth-order valence-corrected chi connectivity index (χ4v) is 3.82. The molecule has 9 heteroatoms. The van der Waals surface area contributed by atoms with Gasteiger partial charge in [-0.15, -0.1) is 0 Å². The fourth-order valence-electron chi connectivity index (χ4n) is 3.33. The van der Waals surface area contributed by atoms with Crippen molar-refractivity contribution in [3.05, 3.63) is 51.4 Å². The molecule has 0 spiro atoms.